The van der Waals surface area contributed by atoms with Crippen molar-refractivity contribution in [2.75, 3.05) is 51.3 Å². The van der Waals surface area contributed by atoms with E-state index < -0.39 is 0 Å². The average molecular weight is 321 g/mol. The van der Waals surface area contributed by atoms with E-state index in [9.17, 15) is 9.18 Å². The minimum absolute atomic E-state index is 0.136. The molecule has 2 aliphatic rings. The summed E-state index contributed by atoms with van der Waals surface area (Å²) in [7, 11) is 0. The summed E-state index contributed by atoms with van der Waals surface area (Å²) in [5.74, 6) is 0.171. The molecule has 1 N–H and O–H groups in total. The Morgan fingerprint density at radius 2 is 2.13 bits per heavy atom. The van der Waals surface area contributed by atoms with E-state index in [2.05, 4.69) is 10.2 Å². The van der Waals surface area contributed by atoms with Gasteiger partial charge in [0.2, 0.25) is 0 Å². The molecular weight excluding hydrogens is 297 g/mol. The molecule has 0 aliphatic carbocycles. The molecule has 1 unspecified atom stereocenters. The fraction of sp³-hybridized carbons (Fsp3) is 0.588. The predicted octanol–water partition coefficient (Wildman–Crippen LogP) is 2.32. The van der Waals surface area contributed by atoms with Crippen molar-refractivity contribution in [2.45, 2.75) is 13.3 Å². The first-order valence-electron chi connectivity index (χ1n) is 8.24. The van der Waals surface area contributed by atoms with Crippen molar-refractivity contribution < 1.29 is 13.9 Å². The van der Waals surface area contributed by atoms with Gasteiger partial charge in [-0.05, 0) is 37.0 Å². The molecule has 23 heavy (non-hydrogen) atoms. The molecule has 0 spiro atoms. The predicted molar refractivity (Wildman–Crippen MR) is 87.1 cm³/mol. The standard InChI is InChI=1S/C17H24FN3O2/c1-13-2-3-15(18)10-16(13)19-17(22)21-5-4-14(12-21)11-20-6-8-23-9-7-20/h2-3,10,14H,4-9,11-12H2,1H3,(H,19,22). The monoisotopic (exact) mass is 321 g/mol. The molecule has 1 aromatic carbocycles. The maximum absolute atomic E-state index is 13.3. The summed E-state index contributed by atoms with van der Waals surface area (Å²) in [4.78, 5) is 16.6. The Labute approximate surface area is 136 Å². The van der Waals surface area contributed by atoms with Gasteiger partial charge in [-0.3, -0.25) is 4.90 Å². The summed E-state index contributed by atoms with van der Waals surface area (Å²) in [6.07, 6.45) is 1.02. The summed E-state index contributed by atoms with van der Waals surface area (Å²) in [5.41, 5.74) is 1.41. The van der Waals surface area contributed by atoms with Gasteiger partial charge in [0.05, 0.1) is 13.2 Å². The van der Waals surface area contributed by atoms with Gasteiger partial charge in [-0.2, -0.15) is 0 Å². The molecule has 2 heterocycles. The van der Waals surface area contributed by atoms with Gasteiger partial charge in [0.1, 0.15) is 5.82 Å². The molecular formula is C17H24FN3O2. The number of anilines is 1. The van der Waals surface area contributed by atoms with E-state index in [4.69, 9.17) is 4.74 Å². The van der Waals surface area contributed by atoms with Gasteiger partial charge in [-0.15, -0.1) is 0 Å². The highest BCUT2D eigenvalue weighted by atomic mass is 19.1. The number of likely N-dealkylation sites (tertiary alicyclic amines) is 1. The number of nitrogens with zero attached hydrogens (tertiary/aromatic N) is 2. The van der Waals surface area contributed by atoms with Crippen LogP contribution in [0.5, 0.6) is 0 Å². The van der Waals surface area contributed by atoms with Crippen molar-refractivity contribution in [1.82, 2.24) is 9.80 Å². The van der Waals surface area contributed by atoms with Crippen LogP contribution in [0.4, 0.5) is 14.9 Å². The van der Waals surface area contributed by atoms with Crippen molar-refractivity contribution in [2.24, 2.45) is 5.92 Å². The highest BCUT2D eigenvalue weighted by Crippen LogP contribution is 2.21. The SMILES string of the molecule is Cc1ccc(F)cc1NC(=O)N1CCC(CN2CCOCC2)C1. The Morgan fingerprint density at radius 3 is 2.91 bits per heavy atom. The molecule has 2 aliphatic heterocycles. The number of hydrogen-bond acceptors (Lipinski definition) is 3. The van der Waals surface area contributed by atoms with Gasteiger partial charge >= 0.3 is 6.03 Å². The number of amides is 2. The number of benzene rings is 1. The maximum atomic E-state index is 13.3. The van der Waals surface area contributed by atoms with Crippen molar-refractivity contribution in [3.05, 3.63) is 29.6 Å². The van der Waals surface area contributed by atoms with Gasteiger partial charge < -0.3 is 15.0 Å². The third kappa shape index (κ3) is 4.20. The first kappa shape index (κ1) is 16.2. The highest BCUT2D eigenvalue weighted by Gasteiger charge is 2.28. The third-order valence-electron chi connectivity index (χ3n) is 4.63. The molecule has 0 radical (unpaired) electrons. The van der Waals surface area contributed by atoms with Crippen molar-refractivity contribution in [3.8, 4) is 0 Å². The van der Waals surface area contributed by atoms with Crippen molar-refractivity contribution >= 4 is 11.7 Å². The van der Waals surface area contributed by atoms with E-state index in [1.54, 1.807) is 6.07 Å². The number of rotatable bonds is 3. The number of hydrogen-bond donors (Lipinski definition) is 1. The van der Waals surface area contributed by atoms with E-state index in [1.807, 2.05) is 11.8 Å². The Morgan fingerprint density at radius 1 is 1.35 bits per heavy atom. The van der Waals surface area contributed by atoms with Crippen LogP contribution in [0, 0.1) is 18.7 Å². The Hall–Kier alpha value is -1.66. The number of urea groups is 1. The minimum Gasteiger partial charge on any atom is -0.379 e. The van der Waals surface area contributed by atoms with Crippen LogP contribution in [0.1, 0.15) is 12.0 Å². The van der Waals surface area contributed by atoms with Crippen LogP contribution in [-0.2, 0) is 4.74 Å². The van der Waals surface area contributed by atoms with Crippen LogP contribution < -0.4 is 5.32 Å². The fourth-order valence-corrected chi connectivity index (χ4v) is 3.24. The fourth-order valence-electron chi connectivity index (χ4n) is 3.24. The van der Waals surface area contributed by atoms with E-state index in [-0.39, 0.29) is 11.8 Å². The summed E-state index contributed by atoms with van der Waals surface area (Å²) in [6, 6.07) is 4.31. The molecule has 0 aromatic heterocycles. The van der Waals surface area contributed by atoms with Crippen LogP contribution in [0.15, 0.2) is 18.2 Å². The highest BCUT2D eigenvalue weighted by molar-refractivity contribution is 5.90. The molecule has 6 heteroatoms. The normalized spacial score (nSPS) is 22.3. The number of morpholine rings is 1. The molecule has 0 bridgehead atoms. The van der Waals surface area contributed by atoms with Gasteiger partial charge in [-0.25, -0.2) is 9.18 Å². The minimum atomic E-state index is -0.336. The Bertz CT molecular complexity index is 561. The van der Waals surface area contributed by atoms with Crippen LogP contribution in [0.3, 0.4) is 0 Å². The van der Waals surface area contributed by atoms with Gasteiger partial charge in [-0.1, -0.05) is 6.07 Å². The molecule has 1 aromatic rings. The second-order valence-electron chi connectivity index (χ2n) is 6.40. The smallest absolute Gasteiger partial charge is 0.321 e. The Kier molecular flexibility index (Phi) is 5.13. The topological polar surface area (TPSA) is 44.8 Å². The first-order valence-corrected chi connectivity index (χ1v) is 8.24. The number of ether oxygens (including phenoxy) is 1. The van der Waals surface area contributed by atoms with Crippen LogP contribution in [-0.4, -0.2) is 61.8 Å². The molecule has 1 atom stereocenters. The number of carbonyl (C=O) groups is 1. The number of nitrogens with one attached hydrogen (secondary N) is 1. The lowest BCUT2D eigenvalue weighted by Crippen LogP contribution is -2.40. The van der Waals surface area contributed by atoms with E-state index in [0.29, 0.717) is 11.6 Å². The summed E-state index contributed by atoms with van der Waals surface area (Å²) >= 11 is 0. The number of halogens is 1. The molecule has 3 rings (SSSR count). The zero-order valence-electron chi connectivity index (χ0n) is 13.6. The average Bonchev–Trinajstić information content (AvgIpc) is 3.00. The maximum Gasteiger partial charge on any atom is 0.321 e. The lowest BCUT2D eigenvalue weighted by atomic mass is 10.1. The summed E-state index contributed by atoms with van der Waals surface area (Å²) < 4.78 is 18.7. The quantitative estimate of drug-likeness (QED) is 0.929. The third-order valence-corrected chi connectivity index (χ3v) is 4.63. The van der Waals surface area contributed by atoms with Crippen LogP contribution in [0.25, 0.3) is 0 Å². The van der Waals surface area contributed by atoms with E-state index >= 15 is 0 Å². The van der Waals surface area contributed by atoms with Gasteiger partial charge in [0.15, 0.2) is 0 Å². The van der Waals surface area contributed by atoms with Crippen molar-refractivity contribution in [3.63, 3.8) is 0 Å². The molecule has 5 nitrogen and oxygen atoms in total. The van der Waals surface area contributed by atoms with Crippen LogP contribution >= 0.6 is 0 Å². The second kappa shape index (κ2) is 7.27. The largest absolute Gasteiger partial charge is 0.379 e. The lowest BCUT2D eigenvalue weighted by molar-refractivity contribution is 0.0314. The zero-order valence-corrected chi connectivity index (χ0v) is 13.6. The second-order valence-corrected chi connectivity index (χ2v) is 6.40. The molecule has 2 saturated heterocycles. The van der Waals surface area contributed by atoms with Crippen LogP contribution in [0.2, 0.25) is 0 Å². The molecule has 2 fully saturated rings. The first-order chi connectivity index (χ1) is 11.1. The zero-order chi connectivity index (χ0) is 16.2. The molecule has 2 amide bonds. The summed E-state index contributed by atoms with van der Waals surface area (Å²) in [5, 5.41) is 2.83. The van der Waals surface area contributed by atoms with Gasteiger partial charge in [0.25, 0.3) is 0 Å². The van der Waals surface area contributed by atoms with Gasteiger partial charge in [0, 0.05) is 38.4 Å². The number of aryl methyl sites for hydroxylation is 1. The number of carbonyl (C=O) groups excluding carboxylic acids is 1. The molecule has 0 saturated carbocycles. The summed E-state index contributed by atoms with van der Waals surface area (Å²) in [6.45, 7) is 7.96. The van der Waals surface area contributed by atoms with E-state index in [1.165, 1.54) is 12.1 Å². The molecule has 126 valence electrons. The lowest BCUT2D eigenvalue weighted by Gasteiger charge is -2.29. The van der Waals surface area contributed by atoms with E-state index in [0.717, 1.165) is 57.9 Å². The van der Waals surface area contributed by atoms with Crippen molar-refractivity contribution in [1.29, 1.82) is 0 Å². The Balaban J connectivity index is 1.51.